The lowest BCUT2D eigenvalue weighted by Gasteiger charge is -2.60. The largest absolute Gasteiger partial charge is 0.493 e. The molecular weight excluding hydrogens is 452 g/mol. The van der Waals surface area contributed by atoms with Gasteiger partial charge in [-0.15, -0.1) is 0 Å². The molecule has 0 radical (unpaired) electrons. The van der Waals surface area contributed by atoms with Crippen LogP contribution in [0.5, 0.6) is 0 Å². The predicted molar refractivity (Wildman–Crippen MR) is 121 cm³/mol. The van der Waals surface area contributed by atoms with E-state index in [1.165, 1.54) is 26.4 Å². The van der Waals surface area contributed by atoms with Gasteiger partial charge in [0.25, 0.3) is 0 Å². The Bertz CT molecular complexity index is 1190. The van der Waals surface area contributed by atoms with Crippen molar-refractivity contribution in [3.63, 3.8) is 0 Å². The molecule has 5 aliphatic rings. The van der Waals surface area contributed by atoms with E-state index in [0.29, 0.717) is 43.4 Å². The van der Waals surface area contributed by atoms with Gasteiger partial charge in [-0.25, -0.2) is 4.79 Å². The Morgan fingerprint density at radius 3 is 2.60 bits per heavy atom. The van der Waals surface area contributed by atoms with Gasteiger partial charge in [0.1, 0.15) is 12.4 Å². The number of esters is 1. The van der Waals surface area contributed by atoms with Crippen LogP contribution in [0.25, 0.3) is 0 Å². The van der Waals surface area contributed by atoms with Crippen LogP contribution >= 0.6 is 0 Å². The molecule has 6 rings (SSSR count). The van der Waals surface area contributed by atoms with Crippen LogP contribution in [-0.4, -0.2) is 43.0 Å². The molecule has 0 unspecified atom stereocenters. The number of ketones is 1. The van der Waals surface area contributed by atoms with Crippen LogP contribution in [0.1, 0.15) is 63.9 Å². The first-order chi connectivity index (χ1) is 16.7. The smallest absolute Gasteiger partial charge is 0.335 e. The molecule has 0 amide bonds. The number of rotatable bonds is 4. The second kappa shape index (κ2) is 7.38. The normalized spacial score (nSPS) is 43.4. The second-order valence-corrected chi connectivity index (χ2v) is 11.1. The molecule has 35 heavy (non-hydrogen) atoms. The van der Waals surface area contributed by atoms with Crippen LogP contribution in [0.4, 0.5) is 0 Å². The minimum Gasteiger partial charge on any atom is -0.493 e. The molecule has 4 fully saturated rings. The summed E-state index contributed by atoms with van der Waals surface area (Å²) < 4.78 is 22.8. The Labute approximate surface area is 203 Å². The number of Topliss-reactive ketones (excluding diaryl/α,β-unsaturated/α-hetero) is 1. The van der Waals surface area contributed by atoms with E-state index >= 15 is 0 Å². The molecule has 186 valence electrons. The third-order valence-corrected chi connectivity index (χ3v) is 9.77. The summed E-state index contributed by atoms with van der Waals surface area (Å²) in [5, 5.41) is 0. The number of methoxy groups -OCH3 is 1. The van der Waals surface area contributed by atoms with E-state index in [0.717, 1.165) is 18.3 Å². The van der Waals surface area contributed by atoms with Crippen molar-refractivity contribution in [2.45, 2.75) is 76.1 Å². The summed E-state index contributed by atoms with van der Waals surface area (Å²) in [6, 6.07) is 3.00. The van der Waals surface area contributed by atoms with E-state index in [-0.39, 0.29) is 29.8 Å². The third-order valence-electron chi connectivity index (χ3n) is 9.77. The van der Waals surface area contributed by atoms with Crippen molar-refractivity contribution in [2.24, 2.45) is 22.7 Å². The van der Waals surface area contributed by atoms with Gasteiger partial charge in [0.2, 0.25) is 5.78 Å². The summed E-state index contributed by atoms with van der Waals surface area (Å²) in [7, 11) is 1.52. The molecular formula is C27H30O8. The van der Waals surface area contributed by atoms with Crippen LogP contribution < -0.4 is 5.63 Å². The fourth-order valence-electron chi connectivity index (χ4n) is 8.50. The minimum atomic E-state index is -0.961. The molecule has 0 spiro atoms. The van der Waals surface area contributed by atoms with Gasteiger partial charge in [-0.05, 0) is 67.6 Å². The maximum atomic E-state index is 13.7. The van der Waals surface area contributed by atoms with Gasteiger partial charge in [-0.2, -0.15) is 0 Å². The molecule has 1 aromatic rings. The summed E-state index contributed by atoms with van der Waals surface area (Å²) in [5.74, 6) is -0.830. The predicted octanol–water partition coefficient (Wildman–Crippen LogP) is 3.08. The van der Waals surface area contributed by atoms with E-state index in [1.807, 2.05) is 0 Å². The van der Waals surface area contributed by atoms with E-state index in [1.54, 1.807) is 6.07 Å². The molecule has 1 saturated heterocycles. The average Bonchev–Trinajstić information content (AvgIpc) is 3.58. The average molecular weight is 483 g/mol. The van der Waals surface area contributed by atoms with Crippen LogP contribution in [0.2, 0.25) is 0 Å². The molecule has 1 aliphatic heterocycles. The molecule has 8 atom stereocenters. The summed E-state index contributed by atoms with van der Waals surface area (Å²) in [5.41, 5.74) is -1.21. The first-order valence-corrected chi connectivity index (χ1v) is 12.5. The number of carbonyl (C=O) groups excluding carboxylic acids is 3. The highest BCUT2D eigenvalue weighted by Gasteiger charge is 2.76. The molecule has 0 aromatic carbocycles. The fourth-order valence-corrected chi connectivity index (χ4v) is 8.50. The lowest BCUT2D eigenvalue weighted by atomic mass is 9.44. The van der Waals surface area contributed by atoms with Crippen molar-refractivity contribution in [2.75, 3.05) is 7.11 Å². The highest BCUT2D eigenvalue weighted by Crippen LogP contribution is 2.71. The molecule has 8 nitrogen and oxygen atoms in total. The van der Waals surface area contributed by atoms with Gasteiger partial charge >= 0.3 is 11.6 Å². The number of hydrogen-bond acceptors (Lipinski definition) is 8. The Morgan fingerprint density at radius 2 is 1.94 bits per heavy atom. The molecule has 1 aromatic heterocycles. The van der Waals surface area contributed by atoms with Crippen molar-refractivity contribution in [1.29, 1.82) is 0 Å². The number of ether oxygens (including phenoxy) is 3. The van der Waals surface area contributed by atoms with Crippen molar-refractivity contribution in [3.8, 4) is 0 Å². The first kappa shape index (κ1) is 22.7. The van der Waals surface area contributed by atoms with Gasteiger partial charge in [0.15, 0.2) is 11.4 Å². The van der Waals surface area contributed by atoms with E-state index < -0.39 is 33.9 Å². The van der Waals surface area contributed by atoms with Gasteiger partial charge in [0.05, 0.1) is 30.8 Å². The van der Waals surface area contributed by atoms with Crippen LogP contribution in [0.15, 0.2) is 38.9 Å². The highest BCUT2D eigenvalue weighted by molar-refractivity contribution is 6.03. The monoisotopic (exact) mass is 482 g/mol. The maximum absolute atomic E-state index is 13.7. The summed E-state index contributed by atoms with van der Waals surface area (Å²) in [6.07, 6.45) is 6.09. The lowest BCUT2D eigenvalue weighted by Crippen LogP contribution is -2.66. The molecule has 0 N–H and O–H groups in total. The van der Waals surface area contributed by atoms with E-state index in [2.05, 4.69) is 6.92 Å². The topological polar surface area (TPSA) is 112 Å². The SMILES string of the molecule is COC1=C2[C@@H]3CC[C@]4(OC(C)=O)[C@@H]5O[C@@H]5CC[C@]4(C=O)[C@H]3CC[C@]2(C)[C@@H](c2ccc(=O)oc2)C1=O. The number of carbonyl (C=O) groups is 3. The van der Waals surface area contributed by atoms with Gasteiger partial charge in [0, 0.05) is 18.4 Å². The van der Waals surface area contributed by atoms with Gasteiger partial charge < -0.3 is 23.4 Å². The molecule has 8 heteroatoms. The van der Waals surface area contributed by atoms with Crippen LogP contribution in [-0.2, 0) is 28.6 Å². The van der Waals surface area contributed by atoms with E-state index in [4.69, 9.17) is 18.6 Å². The molecule has 3 saturated carbocycles. The quantitative estimate of drug-likeness (QED) is 0.366. The Morgan fingerprint density at radius 1 is 1.14 bits per heavy atom. The number of aldehydes is 1. The van der Waals surface area contributed by atoms with Crippen molar-refractivity contribution in [1.82, 2.24) is 0 Å². The van der Waals surface area contributed by atoms with Crippen LogP contribution in [0.3, 0.4) is 0 Å². The molecule has 2 heterocycles. The summed E-state index contributed by atoms with van der Waals surface area (Å²) >= 11 is 0. The van der Waals surface area contributed by atoms with Crippen LogP contribution in [0, 0.1) is 22.7 Å². The third kappa shape index (κ3) is 2.77. The number of fused-ring (bicyclic) bond motifs is 7. The van der Waals surface area contributed by atoms with E-state index in [9.17, 15) is 19.2 Å². The minimum absolute atomic E-state index is 0.0340. The fraction of sp³-hybridized carbons (Fsp3) is 0.630. The Hall–Kier alpha value is -2.74. The van der Waals surface area contributed by atoms with Crippen molar-refractivity contribution < 1.29 is 33.0 Å². The van der Waals surface area contributed by atoms with Crippen molar-refractivity contribution in [3.05, 3.63) is 45.7 Å². The number of allylic oxidation sites excluding steroid dienone is 2. The summed E-state index contributed by atoms with van der Waals surface area (Å²) in [6.45, 7) is 3.48. The lowest BCUT2D eigenvalue weighted by molar-refractivity contribution is -0.210. The zero-order valence-corrected chi connectivity index (χ0v) is 20.2. The highest BCUT2D eigenvalue weighted by atomic mass is 16.6. The zero-order valence-electron chi connectivity index (χ0n) is 20.2. The molecule has 4 aliphatic carbocycles. The zero-order chi connectivity index (χ0) is 24.8. The first-order valence-electron chi connectivity index (χ1n) is 12.5. The second-order valence-electron chi connectivity index (χ2n) is 11.1. The maximum Gasteiger partial charge on any atom is 0.335 e. The number of hydrogen-bond donors (Lipinski definition) is 0. The molecule has 0 bridgehead atoms. The Kier molecular flexibility index (Phi) is 4.79. The summed E-state index contributed by atoms with van der Waals surface area (Å²) in [4.78, 5) is 50.5. The number of epoxide rings is 1. The van der Waals surface area contributed by atoms with Gasteiger partial charge in [-0.1, -0.05) is 6.92 Å². The van der Waals surface area contributed by atoms with Crippen molar-refractivity contribution >= 4 is 18.0 Å². The van der Waals surface area contributed by atoms with Gasteiger partial charge in [-0.3, -0.25) is 9.59 Å². The standard InChI is InChI=1S/C27H30O8/c1-14(29)35-27-11-6-16-17(26(27,13-28)10-8-18-24(27)34-18)7-9-25(2)20(15-4-5-19(30)33-12-15)22(31)23(32-3)21(16)25/h4-5,12-13,16-18,20,24H,6-11H2,1-3H3/t16-,17+,18-,20+,24-,25-,26+,27+/m1/s1. The Balaban J connectivity index is 1.46.